The molecule has 222 valence electrons. The van der Waals surface area contributed by atoms with E-state index in [1.807, 2.05) is 25.1 Å². The Bertz CT molecular complexity index is 1490. The van der Waals surface area contributed by atoms with E-state index in [1.54, 1.807) is 18.2 Å². The van der Waals surface area contributed by atoms with E-state index in [2.05, 4.69) is 9.80 Å². The lowest BCUT2D eigenvalue weighted by molar-refractivity contribution is -0.115. The molecule has 1 amide bonds. The average molecular weight is 577 g/mol. The summed E-state index contributed by atoms with van der Waals surface area (Å²) >= 11 is 0. The Labute approximate surface area is 244 Å². The van der Waals surface area contributed by atoms with Crippen LogP contribution in [-0.4, -0.2) is 83.1 Å². The van der Waals surface area contributed by atoms with Crippen molar-refractivity contribution in [2.75, 3.05) is 45.2 Å². The number of piperazine rings is 1. The first-order chi connectivity index (χ1) is 20.0. The fourth-order valence-corrected chi connectivity index (χ4v) is 7.62. The largest absolute Gasteiger partial charge is 0.512 e. The molecular formula is C32H37FN4O5. The molecule has 2 aromatic rings. The molecule has 10 heteroatoms. The molecule has 6 rings (SSSR count). The summed E-state index contributed by atoms with van der Waals surface area (Å²) in [6.07, 6.45) is 1.09. The number of halogens is 1. The first-order valence-corrected chi connectivity index (χ1v) is 14.5. The Hall–Kier alpha value is -3.89. The van der Waals surface area contributed by atoms with Crippen LogP contribution in [0.5, 0.6) is 5.75 Å². The number of phenols is 1. The number of aliphatic hydroxyl groups excluding tert-OH is 2. The second-order valence-electron chi connectivity index (χ2n) is 12.2. The van der Waals surface area contributed by atoms with Crippen LogP contribution < -0.4 is 10.6 Å². The molecule has 1 heterocycles. The van der Waals surface area contributed by atoms with Crippen LogP contribution in [0.1, 0.15) is 34.3 Å². The Morgan fingerprint density at radius 2 is 1.69 bits per heavy atom. The van der Waals surface area contributed by atoms with Crippen molar-refractivity contribution in [3.63, 3.8) is 0 Å². The van der Waals surface area contributed by atoms with Gasteiger partial charge in [0, 0.05) is 49.9 Å². The Balaban J connectivity index is 1.27. The first kappa shape index (κ1) is 28.2. The molecule has 0 spiro atoms. The highest BCUT2D eigenvalue weighted by molar-refractivity contribution is 6.13. The molecule has 42 heavy (non-hydrogen) atoms. The fourth-order valence-electron chi connectivity index (χ4n) is 7.62. The van der Waals surface area contributed by atoms with Gasteiger partial charge in [0.25, 0.3) is 0 Å². The molecule has 0 radical (unpaired) electrons. The van der Waals surface area contributed by atoms with E-state index in [0.29, 0.717) is 25.0 Å². The standard InChI is InChI=1S/C32H37FN4O5/c1-35(2)28-22-14-18-13-21-17(16-36-9-11-37(12-10-36)20-6-4-19(33)5-7-20)3-8-25(38)27(21)31(41)26(18)29(39)23(22)15-24(30(28)40)32(34)42/h3-8,18,22-23,28,38-40H,9-16H2,1-2H3,(H2,34,42)/t18-,22+,23?,28-/m0/s1. The molecule has 4 aliphatic rings. The van der Waals surface area contributed by atoms with E-state index in [1.165, 1.54) is 12.1 Å². The molecule has 4 atom stereocenters. The number of carbonyl (C=O) groups excluding carboxylic acids is 2. The van der Waals surface area contributed by atoms with Crippen LogP contribution in [-0.2, 0) is 17.8 Å². The minimum atomic E-state index is -0.737. The van der Waals surface area contributed by atoms with Crippen LogP contribution in [0.3, 0.4) is 0 Å². The third kappa shape index (κ3) is 4.72. The number of aliphatic hydroxyl groups is 2. The molecule has 2 aromatic carbocycles. The number of anilines is 1. The van der Waals surface area contributed by atoms with Crippen molar-refractivity contribution < 1.29 is 29.3 Å². The lowest BCUT2D eigenvalue weighted by atomic mass is 9.61. The number of primary amides is 1. The fraction of sp³-hybridized carbons (Fsp3) is 0.438. The first-order valence-electron chi connectivity index (χ1n) is 14.5. The number of fused-ring (bicyclic) bond motifs is 3. The van der Waals surface area contributed by atoms with Gasteiger partial charge in [-0.3, -0.25) is 19.4 Å². The minimum Gasteiger partial charge on any atom is -0.512 e. The number of likely N-dealkylation sites (N-methyl/N-ethyl adjacent to an activating group) is 1. The van der Waals surface area contributed by atoms with Crippen molar-refractivity contribution in [3.8, 4) is 5.75 Å². The van der Waals surface area contributed by atoms with Gasteiger partial charge in [0.15, 0.2) is 5.78 Å². The topological polar surface area (TPSA) is 131 Å². The van der Waals surface area contributed by atoms with Gasteiger partial charge in [0.1, 0.15) is 23.1 Å². The van der Waals surface area contributed by atoms with Crippen LogP contribution in [0.15, 0.2) is 59.1 Å². The van der Waals surface area contributed by atoms with Gasteiger partial charge in [-0.2, -0.15) is 0 Å². The summed E-state index contributed by atoms with van der Waals surface area (Å²) < 4.78 is 13.4. The second-order valence-corrected chi connectivity index (χ2v) is 12.2. The molecule has 1 saturated heterocycles. The van der Waals surface area contributed by atoms with E-state index < -0.39 is 17.9 Å². The molecular weight excluding hydrogens is 539 g/mol. The smallest absolute Gasteiger partial charge is 0.248 e. The van der Waals surface area contributed by atoms with Gasteiger partial charge in [0.2, 0.25) is 5.91 Å². The summed E-state index contributed by atoms with van der Waals surface area (Å²) in [4.78, 5) is 32.4. The lowest BCUT2D eigenvalue weighted by Gasteiger charge is -2.47. The summed E-state index contributed by atoms with van der Waals surface area (Å²) in [5, 5.41) is 33.3. The number of nitrogens with zero attached hydrogens (tertiary/aromatic N) is 3. The quantitative estimate of drug-likeness (QED) is 0.427. The number of benzene rings is 2. The van der Waals surface area contributed by atoms with Crippen LogP contribution in [0.4, 0.5) is 10.1 Å². The molecule has 1 unspecified atom stereocenters. The van der Waals surface area contributed by atoms with Gasteiger partial charge < -0.3 is 26.0 Å². The van der Waals surface area contributed by atoms with E-state index in [-0.39, 0.29) is 58.3 Å². The van der Waals surface area contributed by atoms with Crippen molar-refractivity contribution in [3.05, 3.63) is 81.6 Å². The molecule has 9 nitrogen and oxygen atoms in total. The SMILES string of the molecule is CN(C)[C@@H]1C(O)=C(C(N)=O)CC2C(O)=C3C(=O)c4c(O)ccc(CN5CCN(c6ccc(F)cc6)CC5)c4C[C@H]3C[C@H]21. The van der Waals surface area contributed by atoms with Gasteiger partial charge in [-0.1, -0.05) is 6.07 Å². The number of ketones is 1. The lowest BCUT2D eigenvalue weighted by Crippen LogP contribution is -2.49. The average Bonchev–Trinajstić information content (AvgIpc) is 2.94. The third-order valence-electron chi connectivity index (χ3n) is 9.65. The van der Waals surface area contributed by atoms with Crippen molar-refractivity contribution in [1.82, 2.24) is 9.80 Å². The highest BCUT2D eigenvalue weighted by Gasteiger charge is 2.50. The minimum absolute atomic E-state index is 0.0632. The van der Waals surface area contributed by atoms with E-state index in [0.717, 1.165) is 43.0 Å². The summed E-state index contributed by atoms with van der Waals surface area (Å²) in [5.74, 6) is -2.64. The monoisotopic (exact) mass is 576 g/mol. The number of amides is 1. The van der Waals surface area contributed by atoms with Crippen LogP contribution in [0, 0.1) is 23.6 Å². The van der Waals surface area contributed by atoms with Gasteiger partial charge in [-0.25, -0.2) is 4.39 Å². The van der Waals surface area contributed by atoms with Gasteiger partial charge >= 0.3 is 0 Å². The predicted molar refractivity (Wildman–Crippen MR) is 156 cm³/mol. The number of Topliss-reactive ketones (excluding diaryl/α,β-unsaturated/α-hetero) is 1. The van der Waals surface area contributed by atoms with E-state index in [4.69, 9.17) is 5.73 Å². The molecule has 0 saturated carbocycles. The number of rotatable bonds is 5. The molecule has 1 aliphatic heterocycles. The van der Waals surface area contributed by atoms with Gasteiger partial charge in [0.05, 0.1) is 17.2 Å². The summed E-state index contributed by atoms with van der Waals surface area (Å²) in [5.41, 5.74) is 8.95. The van der Waals surface area contributed by atoms with Crippen LogP contribution in [0.25, 0.3) is 0 Å². The molecule has 3 aliphatic carbocycles. The van der Waals surface area contributed by atoms with Gasteiger partial charge in [-0.15, -0.1) is 0 Å². The summed E-state index contributed by atoms with van der Waals surface area (Å²) in [6, 6.07) is 9.44. The summed E-state index contributed by atoms with van der Waals surface area (Å²) in [6.45, 7) is 3.76. The number of phenolic OH excluding ortho intramolecular Hbond substituents is 1. The van der Waals surface area contributed by atoms with Gasteiger partial charge in [-0.05, 0) is 86.7 Å². The van der Waals surface area contributed by atoms with Crippen molar-refractivity contribution in [2.24, 2.45) is 23.5 Å². The number of aromatic hydroxyl groups is 1. The van der Waals surface area contributed by atoms with E-state index >= 15 is 0 Å². The van der Waals surface area contributed by atoms with Crippen LogP contribution in [0.2, 0.25) is 0 Å². The number of hydrogen-bond donors (Lipinski definition) is 4. The Morgan fingerprint density at radius 3 is 2.33 bits per heavy atom. The zero-order valence-electron chi connectivity index (χ0n) is 23.9. The number of nitrogens with two attached hydrogens (primary N) is 1. The zero-order chi connectivity index (χ0) is 29.9. The predicted octanol–water partition coefficient (Wildman–Crippen LogP) is 3.29. The normalized spacial score (nSPS) is 26.3. The number of carbonyl (C=O) groups is 2. The van der Waals surface area contributed by atoms with Crippen molar-refractivity contribution in [1.29, 1.82) is 0 Å². The Kier molecular flexibility index (Phi) is 7.22. The molecule has 5 N–H and O–H groups in total. The van der Waals surface area contributed by atoms with E-state index in [9.17, 15) is 29.3 Å². The van der Waals surface area contributed by atoms with Crippen LogP contribution >= 0.6 is 0 Å². The second kappa shape index (κ2) is 10.7. The summed E-state index contributed by atoms with van der Waals surface area (Å²) in [7, 11) is 3.62. The molecule has 0 bridgehead atoms. The maximum atomic E-state index is 13.9. The highest BCUT2D eigenvalue weighted by Crippen LogP contribution is 2.51. The highest BCUT2D eigenvalue weighted by atomic mass is 19.1. The molecule has 1 fully saturated rings. The maximum Gasteiger partial charge on any atom is 0.248 e. The molecule has 0 aromatic heterocycles. The third-order valence-corrected chi connectivity index (χ3v) is 9.65. The zero-order valence-corrected chi connectivity index (χ0v) is 23.9. The maximum absolute atomic E-state index is 13.9. The van der Waals surface area contributed by atoms with Crippen molar-refractivity contribution in [2.45, 2.75) is 31.8 Å². The van der Waals surface area contributed by atoms with Crippen molar-refractivity contribution >= 4 is 17.4 Å². The number of hydrogen-bond acceptors (Lipinski definition) is 8. The number of allylic oxidation sites excluding steroid dienone is 2. The Morgan fingerprint density at radius 1 is 1.00 bits per heavy atom.